The highest BCUT2D eigenvalue weighted by molar-refractivity contribution is 5.76. The molecule has 1 aromatic carbocycles. The summed E-state index contributed by atoms with van der Waals surface area (Å²) in [6.45, 7) is 5.79. The Morgan fingerprint density at radius 2 is 1.68 bits per heavy atom. The quantitative estimate of drug-likeness (QED) is 0.902. The minimum absolute atomic E-state index is 0.210. The molecule has 1 fully saturated rings. The van der Waals surface area contributed by atoms with Crippen LogP contribution in [0.1, 0.15) is 25.8 Å². The van der Waals surface area contributed by atoms with E-state index in [9.17, 15) is 4.79 Å². The second-order valence-corrected chi connectivity index (χ2v) is 5.99. The molecule has 0 radical (unpaired) electrons. The lowest BCUT2D eigenvalue weighted by atomic mass is 10.1. The Labute approximate surface area is 132 Å². The predicted molar refractivity (Wildman–Crippen MR) is 86.5 cm³/mol. The first-order valence-corrected chi connectivity index (χ1v) is 7.77. The molecule has 122 valence electrons. The maximum absolute atomic E-state index is 12.4. The third-order valence-electron chi connectivity index (χ3n) is 3.95. The number of nitrogens with zero attached hydrogens (tertiary/aromatic N) is 1. The van der Waals surface area contributed by atoms with Crippen molar-refractivity contribution in [2.45, 2.75) is 38.8 Å². The van der Waals surface area contributed by atoms with E-state index in [1.807, 2.05) is 23.1 Å². The predicted octanol–water partition coefficient (Wildman–Crippen LogP) is 1.85. The molecule has 1 heterocycles. The third-order valence-corrected chi connectivity index (χ3v) is 3.95. The van der Waals surface area contributed by atoms with Crippen LogP contribution < -0.4 is 14.8 Å². The highest BCUT2D eigenvalue weighted by atomic mass is 16.5. The van der Waals surface area contributed by atoms with Crippen molar-refractivity contribution in [2.75, 3.05) is 27.3 Å². The molecule has 2 rings (SSSR count). The molecule has 0 spiro atoms. The number of carbonyl (C=O) groups is 1. The van der Waals surface area contributed by atoms with Crippen LogP contribution in [0.25, 0.3) is 0 Å². The van der Waals surface area contributed by atoms with Gasteiger partial charge in [-0.25, -0.2) is 0 Å². The molecular formula is C17H26N2O3. The van der Waals surface area contributed by atoms with Crippen LogP contribution in [-0.2, 0) is 11.2 Å². The van der Waals surface area contributed by atoms with Crippen LogP contribution in [0.2, 0.25) is 0 Å². The van der Waals surface area contributed by atoms with Gasteiger partial charge < -0.3 is 19.7 Å². The van der Waals surface area contributed by atoms with Crippen molar-refractivity contribution in [3.8, 4) is 11.5 Å². The van der Waals surface area contributed by atoms with Crippen molar-refractivity contribution in [1.29, 1.82) is 0 Å². The van der Waals surface area contributed by atoms with Gasteiger partial charge in [-0.2, -0.15) is 0 Å². The van der Waals surface area contributed by atoms with E-state index in [-0.39, 0.29) is 5.91 Å². The molecule has 1 amide bonds. The molecule has 5 heteroatoms. The van der Waals surface area contributed by atoms with Crippen LogP contribution in [-0.4, -0.2) is 50.2 Å². The van der Waals surface area contributed by atoms with E-state index in [0.29, 0.717) is 24.9 Å². The molecule has 1 N–H and O–H groups in total. The van der Waals surface area contributed by atoms with Crippen molar-refractivity contribution >= 4 is 5.91 Å². The Bertz CT molecular complexity index is 486. The van der Waals surface area contributed by atoms with E-state index in [1.165, 1.54) is 0 Å². The van der Waals surface area contributed by atoms with Gasteiger partial charge in [0.15, 0.2) is 0 Å². The van der Waals surface area contributed by atoms with Gasteiger partial charge in [-0.05, 0) is 38.0 Å². The van der Waals surface area contributed by atoms with Crippen LogP contribution in [0.4, 0.5) is 0 Å². The molecule has 1 aliphatic heterocycles. The van der Waals surface area contributed by atoms with Gasteiger partial charge in [0.05, 0.1) is 14.2 Å². The zero-order chi connectivity index (χ0) is 16.1. The van der Waals surface area contributed by atoms with Crippen LogP contribution in [0.3, 0.4) is 0 Å². The summed E-state index contributed by atoms with van der Waals surface area (Å²) >= 11 is 0. The van der Waals surface area contributed by atoms with Gasteiger partial charge in [-0.1, -0.05) is 0 Å². The molecule has 0 saturated carbocycles. The first kappa shape index (κ1) is 16.6. The van der Waals surface area contributed by atoms with E-state index in [4.69, 9.17) is 9.47 Å². The van der Waals surface area contributed by atoms with Crippen molar-refractivity contribution in [3.63, 3.8) is 0 Å². The fraction of sp³-hybridized carbons (Fsp3) is 0.588. The lowest BCUT2D eigenvalue weighted by molar-refractivity contribution is -0.132. The Morgan fingerprint density at radius 1 is 1.14 bits per heavy atom. The van der Waals surface area contributed by atoms with E-state index < -0.39 is 0 Å². The average molecular weight is 306 g/mol. The van der Waals surface area contributed by atoms with Crippen molar-refractivity contribution in [2.24, 2.45) is 0 Å². The lowest BCUT2D eigenvalue weighted by Crippen LogP contribution is -2.55. The molecule has 2 unspecified atom stereocenters. The number of benzene rings is 1. The summed E-state index contributed by atoms with van der Waals surface area (Å²) < 4.78 is 10.5. The van der Waals surface area contributed by atoms with Gasteiger partial charge in [-0.15, -0.1) is 0 Å². The van der Waals surface area contributed by atoms with Crippen LogP contribution >= 0.6 is 0 Å². The number of ether oxygens (including phenoxy) is 2. The summed E-state index contributed by atoms with van der Waals surface area (Å²) in [5.74, 6) is 1.72. The van der Waals surface area contributed by atoms with E-state index in [2.05, 4.69) is 19.2 Å². The molecule has 0 aliphatic carbocycles. The lowest BCUT2D eigenvalue weighted by Gasteiger charge is -2.36. The van der Waals surface area contributed by atoms with Gasteiger partial charge in [0.2, 0.25) is 5.91 Å². The van der Waals surface area contributed by atoms with E-state index >= 15 is 0 Å². The Kier molecular flexibility index (Phi) is 5.66. The SMILES string of the molecule is COc1cc(CCC(=O)N2CC(C)NC(C)C2)cc(OC)c1. The maximum atomic E-state index is 12.4. The number of hydrogen-bond donors (Lipinski definition) is 1. The fourth-order valence-electron chi connectivity index (χ4n) is 2.95. The normalized spacial score (nSPS) is 21.5. The standard InChI is InChI=1S/C17H26N2O3/c1-12-10-19(11-13(2)18-12)17(20)6-5-14-7-15(21-3)9-16(8-14)22-4/h7-9,12-13,18H,5-6,10-11H2,1-4H3. The molecule has 0 bridgehead atoms. The summed E-state index contributed by atoms with van der Waals surface area (Å²) in [6.07, 6.45) is 1.20. The van der Waals surface area contributed by atoms with E-state index in [1.54, 1.807) is 14.2 Å². The number of piperazine rings is 1. The topological polar surface area (TPSA) is 50.8 Å². The first-order valence-electron chi connectivity index (χ1n) is 7.77. The summed E-state index contributed by atoms with van der Waals surface area (Å²) in [7, 11) is 3.26. The van der Waals surface area contributed by atoms with Gasteiger partial charge in [0.25, 0.3) is 0 Å². The molecule has 2 atom stereocenters. The summed E-state index contributed by atoms with van der Waals surface area (Å²) in [5.41, 5.74) is 1.06. The van der Waals surface area contributed by atoms with Crippen molar-refractivity contribution < 1.29 is 14.3 Å². The average Bonchev–Trinajstić information content (AvgIpc) is 2.51. The van der Waals surface area contributed by atoms with Crippen molar-refractivity contribution in [1.82, 2.24) is 10.2 Å². The smallest absolute Gasteiger partial charge is 0.223 e. The monoisotopic (exact) mass is 306 g/mol. The Hall–Kier alpha value is -1.75. The number of carbonyl (C=O) groups excluding carboxylic acids is 1. The molecule has 1 saturated heterocycles. The van der Waals surface area contributed by atoms with Gasteiger partial charge in [0, 0.05) is 37.7 Å². The highest BCUT2D eigenvalue weighted by Crippen LogP contribution is 2.23. The largest absolute Gasteiger partial charge is 0.497 e. The maximum Gasteiger partial charge on any atom is 0.223 e. The summed E-state index contributed by atoms with van der Waals surface area (Å²) in [6, 6.07) is 6.46. The Balaban J connectivity index is 1.96. The highest BCUT2D eigenvalue weighted by Gasteiger charge is 2.24. The number of rotatable bonds is 5. The minimum atomic E-state index is 0.210. The van der Waals surface area contributed by atoms with Crippen LogP contribution in [0, 0.1) is 0 Å². The zero-order valence-electron chi connectivity index (χ0n) is 13.9. The third kappa shape index (κ3) is 4.37. The van der Waals surface area contributed by atoms with Crippen molar-refractivity contribution in [3.05, 3.63) is 23.8 Å². The number of amides is 1. The second-order valence-electron chi connectivity index (χ2n) is 5.99. The molecule has 1 aromatic rings. The molecule has 5 nitrogen and oxygen atoms in total. The molecule has 22 heavy (non-hydrogen) atoms. The first-order chi connectivity index (χ1) is 10.5. The van der Waals surface area contributed by atoms with Crippen LogP contribution in [0.5, 0.6) is 11.5 Å². The molecule has 0 aromatic heterocycles. The minimum Gasteiger partial charge on any atom is -0.497 e. The second kappa shape index (κ2) is 7.49. The van der Waals surface area contributed by atoms with Gasteiger partial charge in [-0.3, -0.25) is 4.79 Å². The molecule has 1 aliphatic rings. The van der Waals surface area contributed by atoms with Gasteiger partial charge >= 0.3 is 0 Å². The zero-order valence-corrected chi connectivity index (χ0v) is 13.9. The molecular weight excluding hydrogens is 280 g/mol. The van der Waals surface area contributed by atoms with Crippen LogP contribution in [0.15, 0.2) is 18.2 Å². The van der Waals surface area contributed by atoms with Gasteiger partial charge in [0.1, 0.15) is 11.5 Å². The summed E-state index contributed by atoms with van der Waals surface area (Å²) in [5, 5.41) is 3.44. The number of hydrogen-bond acceptors (Lipinski definition) is 4. The number of nitrogens with one attached hydrogen (secondary N) is 1. The summed E-state index contributed by atoms with van der Waals surface area (Å²) in [4.78, 5) is 14.4. The fourth-order valence-corrected chi connectivity index (χ4v) is 2.95. The number of methoxy groups -OCH3 is 2. The Morgan fingerprint density at radius 3 is 2.18 bits per heavy atom. The number of aryl methyl sites for hydroxylation is 1. The van der Waals surface area contributed by atoms with E-state index in [0.717, 1.165) is 30.2 Å².